The lowest BCUT2D eigenvalue weighted by atomic mass is 10.2. The average Bonchev–Trinajstić information content (AvgIpc) is 2.31. The summed E-state index contributed by atoms with van der Waals surface area (Å²) in [4.78, 5) is 16.0. The number of nitrogen functional groups attached to an aromatic ring is 1. The van der Waals surface area contributed by atoms with Gasteiger partial charge in [0.05, 0.1) is 11.9 Å². The number of nitrogens with zero attached hydrogens (tertiary/aromatic N) is 1. The zero-order chi connectivity index (χ0) is 13.1. The number of rotatable bonds is 2. The fraction of sp³-hybridized carbons (Fsp3) is 0. The van der Waals surface area contributed by atoms with E-state index < -0.39 is 0 Å². The van der Waals surface area contributed by atoms with Crippen LogP contribution in [0.5, 0.6) is 0 Å². The third-order valence-corrected chi connectivity index (χ3v) is 3.07. The predicted molar refractivity (Wildman–Crippen MR) is 78.4 cm³/mol. The molecule has 0 aliphatic carbocycles. The van der Waals surface area contributed by atoms with Crippen LogP contribution in [0.3, 0.4) is 0 Å². The van der Waals surface area contributed by atoms with Crippen molar-refractivity contribution >= 4 is 49.3 Å². The average molecular weight is 371 g/mol. The zero-order valence-electron chi connectivity index (χ0n) is 9.15. The second kappa shape index (κ2) is 5.49. The number of benzene rings is 1. The Kier molecular flexibility index (Phi) is 3.98. The first-order chi connectivity index (χ1) is 8.54. The van der Waals surface area contributed by atoms with E-state index in [1.807, 2.05) is 6.07 Å². The van der Waals surface area contributed by atoms with Crippen LogP contribution >= 0.6 is 31.9 Å². The van der Waals surface area contributed by atoms with Gasteiger partial charge in [-0.3, -0.25) is 4.79 Å². The third-order valence-electron chi connectivity index (χ3n) is 2.15. The molecule has 0 radical (unpaired) electrons. The standard InChI is InChI=1S/C12H9Br2N3O/c13-8-3-7(4-9(14)5-8)12(18)17-11-2-1-10(15)6-16-11/h1-6H,15H2,(H,16,17,18). The van der Waals surface area contributed by atoms with Crippen molar-refractivity contribution in [1.29, 1.82) is 0 Å². The Balaban J connectivity index is 2.19. The van der Waals surface area contributed by atoms with Crippen molar-refractivity contribution in [2.75, 3.05) is 11.1 Å². The van der Waals surface area contributed by atoms with Crippen molar-refractivity contribution in [3.8, 4) is 0 Å². The molecule has 0 atom stereocenters. The van der Waals surface area contributed by atoms with Gasteiger partial charge in [0.25, 0.3) is 5.91 Å². The Morgan fingerprint density at radius 3 is 2.39 bits per heavy atom. The molecule has 0 bridgehead atoms. The lowest BCUT2D eigenvalue weighted by molar-refractivity contribution is 0.102. The Morgan fingerprint density at radius 2 is 1.83 bits per heavy atom. The molecule has 0 spiro atoms. The van der Waals surface area contributed by atoms with E-state index in [2.05, 4.69) is 42.2 Å². The molecular formula is C12H9Br2N3O. The SMILES string of the molecule is Nc1ccc(NC(=O)c2cc(Br)cc(Br)c2)nc1. The van der Waals surface area contributed by atoms with E-state index in [1.54, 1.807) is 24.3 Å². The number of hydrogen-bond acceptors (Lipinski definition) is 3. The lowest BCUT2D eigenvalue weighted by Crippen LogP contribution is -2.13. The summed E-state index contributed by atoms with van der Waals surface area (Å²) in [5, 5.41) is 2.69. The zero-order valence-corrected chi connectivity index (χ0v) is 12.3. The van der Waals surface area contributed by atoms with Gasteiger partial charge in [0.1, 0.15) is 5.82 Å². The molecule has 18 heavy (non-hydrogen) atoms. The topological polar surface area (TPSA) is 68.0 Å². The molecule has 0 unspecified atom stereocenters. The van der Waals surface area contributed by atoms with Gasteiger partial charge in [-0.05, 0) is 30.3 Å². The minimum Gasteiger partial charge on any atom is -0.397 e. The van der Waals surface area contributed by atoms with Gasteiger partial charge in [0.15, 0.2) is 0 Å². The molecule has 92 valence electrons. The molecule has 1 amide bonds. The number of aromatic nitrogens is 1. The summed E-state index contributed by atoms with van der Waals surface area (Å²) in [5.41, 5.74) is 6.61. The molecule has 0 fully saturated rings. The molecule has 0 aliphatic rings. The summed E-state index contributed by atoms with van der Waals surface area (Å²) < 4.78 is 1.65. The summed E-state index contributed by atoms with van der Waals surface area (Å²) in [6, 6.07) is 8.66. The number of pyridine rings is 1. The minimum atomic E-state index is -0.228. The first kappa shape index (κ1) is 13.0. The predicted octanol–water partition coefficient (Wildman–Crippen LogP) is 3.44. The number of anilines is 2. The molecular weight excluding hydrogens is 362 g/mol. The highest BCUT2D eigenvalue weighted by Crippen LogP contribution is 2.20. The Bertz CT molecular complexity index is 564. The summed E-state index contributed by atoms with van der Waals surface area (Å²) in [7, 11) is 0. The second-order valence-corrected chi connectivity index (χ2v) is 5.42. The van der Waals surface area contributed by atoms with E-state index in [4.69, 9.17) is 5.73 Å². The molecule has 6 heteroatoms. The Hall–Kier alpha value is -1.40. The van der Waals surface area contributed by atoms with Crippen molar-refractivity contribution in [3.63, 3.8) is 0 Å². The van der Waals surface area contributed by atoms with Crippen LogP contribution < -0.4 is 11.1 Å². The Morgan fingerprint density at radius 1 is 1.17 bits per heavy atom. The van der Waals surface area contributed by atoms with E-state index >= 15 is 0 Å². The number of carbonyl (C=O) groups excluding carboxylic acids is 1. The van der Waals surface area contributed by atoms with Crippen LogP contribution in [0.1, 0.15) is 10.4 Å². The molecule has 0 saturated heterocycles. The molecule has 1 aromatic heterocycles. The number of amides is 1. The molecule has 3 N–H and O–H groups in total. The van der Waals surface area contributed by atoms with Crippen LogP contribution in [0.2, 0.25) is 0 Å². The van der Waals surface area contributed by atoms with Crippen molar-refractivity contribution in [1.82, 2.24) is 4.98 Å². The van der Waals surface area contributed by atoms with Gasteiger partial charge in [-0.15, -0.1) is 0 Å². The number of nitrogens with one attached hydrogen (secondary N) is 1. The molecule has 2 rings (SSSR count). The molecule has 2 aromatic rings. The van der Waals surface area contributed by atoms with Crippen molar-refractivity contribution < 1.29 is 4.79 Å². The highest BCUT2D eigenvalue weighted by Gasteiger charge is 2.08. The first-order valence-electron chi connectivity index (χ1n) is 5.03. The summed E-state index contributed by atoms with van der Waals surface area (Å²) in [6.45, 7) is 0. The van der Waals surface area contributed by atoms with Crippen LogP contribution in [-0.2, 0) is 0 Å². The van der Waals surface area contributed by atoms with E-state index in [0.29, 0.717) is 17.1 Å². The van der Waals surface area contributed by atoms with Crippen molar-refractivity contribution in [2.45, 2.75) is 0 Å². The van der Waals surface area contributed by atoms with E-state index in [-0.39, 0.29) is 5.91 Å². The van der Waals surface area contributed by atoms with Gasteiger partial charge in [-0.1, -0.05) is 31.9 Å². The molecule has 0 aliphatic heterocycles. The van der Waals surface area contributed by atoms with Gasteiger partial charge in [-0.2, -0.15) is 0 Å². The van der Waals surface area contributed by atoms with Crippen LogP contribution in [-0.4, -0.2) is 10.9 Å². The summed E-state index contributed by atoms with van der Waals surface area (Å²) in [6.07, 6.45) is 1.49. The quantitative estimate of drug-likeness (QED) is 0.850. The summed E-state index contributed by atoms with van der Waals surface area (Å²) in [5.74, 6) is 0.236. The number of hydrogen-bond donors (Lipinski definition) is 2. The number of halogens is 2. The smallest absolute Gasteiger partial charge is 0.256 e. The van der Waals surface area contributed by atoms with Gasteiger partial charge in [-0.25, -0.2) is 4.98 Å². The van der Waals surface area contributed by atoms with Crippen LogP contribution in [0, 0.1) is 0 Å². The highest BCUT2D eigenvalue weighted by atomic mass is 79.9. The maximum atomic E-state index is 12.0. The fourth-order valence-electron chi connectivity index (χ4n) is 1.35. The lowest BCUT2D eigenvalue weighted by Gasteiger charge is -2.05. The maximum absolute atomic E-state index is 12.0. The van der Waals surface area contributed by atoms with E-state index in [0.717, 1.165) is 8.95 Å². The van der Waals surface area contributed by atoms with Gasteiger partial charge < -0.3 is 11.1 Å². The molecule has 4 nitrogen and oxygen atoms in total. The van der Waals surface area contributed by atoms with E-state index in [9.17, 15) is 4.79 Å². The van der Waals surface area contributed by atoms with Gasteiger partial charge >= 0.3 is 0 Å². The minimum absolute atomic E-state index is 0.228. The van der Waals surface area contributed by atoms with Crippen LogP contribution in [0.4, 0.5) is 11.5 Å². The van der Waals surface area contributed by atoms with Crippen molar-refractivity contribution in [3.05, 3.63) is 51.0 Å². The number of carbonyl (C=O) groups is 1. The third kappa shape index (κ3) is 3.30. The first-order valence-corrected chi connectivity index (χ1v) is 6.62. The molecule has 0 saturated carbocycles. The molecule has 1 aromatic carbocycles. The van der Waals surface area contributed by atoms with Gasteiger partial charge in [0.2, 0.25) is 0 Å². The van der Waals surface area contributed by atoms with Gasteiger partial charge in [0, 0.05) is 14.5 Å². The fourth-order valence-corrected chi connectivity index (χ4v) is 2.65. The Labute approximate surface area is 121 Å². The number of nitrogens with two attached hydrogens (primary N) is 1. The van der Waals surface area contributed by atoms with E-state index in [1.165, 1.54) is 6.20 Å². The normalized spacial score (nSPS) is 10.1. The van der Waals surface area contributed by atoms with Crippen molar-refractivity contribution in [2.24, 2.45) is 0 Å². The second-order valence-electron chi connectivity index (χ2n) is 3.59. The summed E-state index contributed by atoms with van der Waals surface area (Å²) >= 11 is 6.67. The highest BCUT2D eigenvalue weighted by molar-refractivity contribution is 9.11. The monoisotopic (exact) mass is 369 g/mol. The maximum Gasteiger partial charge on any atom is 0.256 e. The largest absolute Gasteiger partial charge is 0.397 e. The van der Waals surface area contributed by atoms with Crippen LogP contribution in [0.25, 0.3) is 0 Å². The van der Waals surface area contributed by atoms with Crippen LogP contribution in [0.15, 0.2) is 45.5 Å². The molecule has 1 heterocycles.